The Morgan fingerprint density at radius 3 is 2.36 bits per heavy atom. The van der Waals surface area contributed by atoms with Gasteiger partial charge in [0, 0.05) is 23.9 Å². The molecule has 14 heavy (non-hydrogen) atoms. The van der Waals surface area contributed by atoms with Gasteiger partial charge in [-0.1, -0.05) is 0 Å². The van der Waals surface area contributed by atoms with Gasteiger partial charge in [-0.2, -0.15) is 0 Å². The number of carbonyl (C=O) groups excluding carboxylic acids is 1. The van der Waals surface area contributed by atoms with Crippen molar-refractivity contribution in [3.05, 3.63) is 0 Å². The van der Waals surface area contributed by atoms with Crippen LogP contribution in [0.5, 0.6) is 0 Å². The van der Waals surface area contributed by atoms with Gasteiger partial charge in [-0.25, -0.2) is 4.79 Å². The average Bonchev–Trinajstić information content (AvgIpc) is 1.76. The SMILES string of the molecule is CC1(N)CC(OC(=O)NC(C)(C)C)C1. The number of nitrogens with two attached hydrogens (primary N) is 1. The standard InChI is InChI=1S/C10H20N2O2/c1-9(2,3)12-8(13)14-7-5-10(4,11)6-7/h7H,5-6,11H2,1-4H3,(H,12,13). The zero-order valence-corrected chi connectivity index (χ0v) is 9.39. The molecule has 1 aliphatic carbocycles. The molecule has 82 valence electrons. The van der Waals surface area contributed by atoms with Crippen LogP contribution in [0.3, 0.4) is 0 Å². The minimum atomic E-state index is -0.349. The molecule has 0 unspecified atom stereocenters. The first-order valence-corrected chi connectivity index (χ1v) is 4.96. The first-order valence-electron chi connectivity index (χ1n) is 4.96. The summed E-state index contributed by atoms with van der Waals surface area (Å²) in [7, 11) is 0. The van der Waals surface area contributed by atoms with Crippen molar-refractivity contribution in [3.63, 3.8) is 0 Å². The molecule has 0 spiro atoms. The highest BCUT2D eigenvalue weighted by molar-refractivity contribution is 5.68. The van der Waals surface area contributed by atoms with Crippen molar-refractivity contribution in [2.45, 2.75) is 57.7 Å². The smallest absolute Gasteiger partial charge is 0.407 e. The van der Waals surface area contributed by atoms with Crippen molar-refractivity contribution in [1.29, 1.82) is 0 Å². The Balaban J connectivity index is 2.24. The van der Waals surface area contributed by atoms with E-state index >= 15 is 0 Å². The van der Waals surface area contributed by atoms with Gasteiger partial charge in [-0.05, 0) is 27.7 Å². The minimum absolute atomic E-state index is 0.00708. The molecule has 1 aliphatic rings. The molecular weight excluding hydrogens is 180 g/mol. The second kappa shape index (κ2) is 3.42. The second-order valence-corrected chi connectivity index (χ2v) is 5.46. The van der Waals surface area contributed by atoms with Crippen LogP contribution in [0.4, 0.5) is 4.79 Å². The summed E-state index contributed by atoms with van der Waals surface area (Å²) >= 11 is 0. The Kier molecular flexibility index (Phi) is 2.76. The Hall–Kier alpha value is -0.770. The first kappa shape index (κ1) is 11.3. The molecule has 3 N–H and O–H groups in total. The highest BCUT2D eigenvalue weighted by atomic mass is 16.6. The third kappa shape index (κ3) is 3.54. The fourth-order valence-electron chi connectivity index (χ4n) is 1.55. The Labute approximate surface area is 85.2 Å². The van der Waals surface area contributed by atoms with E-state index < -0.39 is 0 Å². The Morgan fingerprint density at radius 2 is 2.00 bits per heavy atom. The van der Waals surface area contributed by atoms with Crippen LogP contribution in [0.15, 0.2) is 0 Å². The lowest BCUT2D eigenvalue weighted by Gasteiger charge is -2.41. The van der Waals surface area contributed by atoms with Crippen LogP contribution in [-0.2, 0) is 4.74 Å². The molecule has 0 aliphatic heterocycles. The largest absolute Gasteiger partial charge is 0.446 e. The van der Waals surface area contributed by atoms with Gasteiger partial charge in [-0.15, -0.1) is 0 Å². The van der Waals surface area contributed by atoms with Gasteiger partial charge >= 0.3 is 6.09 Å². The highest BCUT2D eigenvalue weighted by Gasteiger charge is 2.39. The highest BCUT2D eigenvalue weighted by Crippen LogP contribution is 2.31. The molecule has 0 aromatic rings. The van der Waals surface area contributed by atoms with Crippen molar-refractivity contribution in [2.75, 3.05) is 0 Å². The van der Waals surface area contributed by atoms with E-state index in [0.29, 0.717) is 0 Å². The fourth-order valence-corrected chi connectivity index (χ4v) is 1.55. The predicted octanol–water partition coefficient (Wildman–Crippen LogP) is 1.39. The van der Waals surface area contributed by atoms with Crippen LogP contribution in [0, 0.1) is 0 Å². The quantitative estimate of drug-likeness (QED) is 0.672. The molecule has 1 amide bonds. The summed E-state index contributed by atoms with van der Waals surface area (Å²) in [5, 5.41) is 2.74. The second-order valence-electron chi connectivity index (χ2n) is 5.46. The van der Waals surface area contributed by atoms with E-state index in [4.69, 9.17) is 10.5 Å². The Bertz CT molecular complexity index is 223. The number of amides is 1. The maximum Gasteiger partial charge on any atom is 0.407 e. The maximum absolute atomic E-state index is 11.3. The van der Waals surface area contributed by atoms with Gasteiger partial charge in [0.1, 0.15) is 6.10 Å². The van der Waals surface area contributed by atoms with Crippen LogP contribution >= 0.6 is 0 Å². The number of hydrogen-bond acceptors (Lipinski definition) is 3. The molecule has 1 fully saturated rings. The van der Waals surface area contributed by atoms with Crippen molar-refractivity contribution < 1.29 is 9.53 Å². The van der Waals surface area contributed by atoms with Crippen molar-refractivity contribution >= 4 is 6.09 Å². The molecule has 0 aromatic carbocycles. The van der Waals surface area contributed by atoms with E-state index in [9.17, 15) is 4.79 Å². The number of hydrogen-bond donors (Lipinski definition) is 2. The molecule has 0 saturated heterocycles. The zero-order chi connectivity index (χ0) is 11.0. The van der Waals surface area contributed by atoms with Crippen molar-refractivity contribution in [1.82, 2.24) is 5.32 Å². The summed E-state index contributed by atoms with van der Waals surface area (Å²) in [4.78, 5) is 11.3. The van der Waals surface area contributed by atoms with Gasteiger partial charge in [-0.3, -0.25) is 0 Å². The van der Waals surface area contributed by atoms with E-state index in [2.05, 4.69) is 5.32 Å². The lowest BCUT2D eigenvalue weighted by Crippen LogP contribution is -2.54. The van der Waals surface area contributed by atoms with E-state index in [1.165, 1.54) is 0 Å². The molecule has 1 saturated carbocycles. The lowest BCUT2D eigenvalue weighted by molar-refractivity contribution is 0.00715. The average molecular weight is 200 g/mol. The molecule has 0 radical (unpaired) electrons. The monoisotopic (exact) mass is 200 g/mol. The number of ether oxygens (including phenoxy) is 1. The predicted molar refractivity (Wildman–Crippen MR) is 55.0 cm³/mol. The maximum atomic E-state index is 11.3. The third-order valence-corrected chi connectivity index (χ3v) is 2.14. The van der Waals surface area contributed by atoms with Crippen molar-refractivity contribution in [2.24, 2.45) is 5.73 Å². The number of rotatable bonds is 1. The molecule has 0 atom stereocenters. The normalized spacial score (nSPS) is 31.9. The van der Waals surface area contributed by atoms with Gasteiger partial charge in [0.2, 0.25) is 0 Å². The zero-order valence-electron chi connectivity index (χ0n) is 9.39. The topological polar surface area (TPSA) is 64.3 Å². The molecule has 4 heteroatoms. The summed E-state index contributed by atoms with van der Waals surface area (Å²) in [5.74, 6) is 0. The molecule has 0 aromatic heterocycles. The lowest BCUT2D eigenvalue weighted by atomic mass is 9.77. The van der Waals surface area contributed by atoms with Crippen LogP contribution in [-0.4, -0.2) is 23.3 Å². The van der Waals surface area contributed by atoms with Crippen LogP contribution in [0.2, 0.25) is 0 Å². The number of carbonyl (C=O) groups is 1. The summed E-state index contributed by atoms with van der Waals surface area (Å²) in [6.07, 6.45) is 1.15. The van der Waals surface area contributed by atoms with E-state index in [-0.39, 0.29) is 23.3 Å². The van der Waals surface area contributed by atoms with E-state index in [1.54, 1.807) is 0 Å². The molecule has 0 heterocycles. The summed E-state index contributed by atoms with van der Waals surface area (Å²) in [6, 6.07) is 0. The van der Waals surface area contributed by atoms with Gasteiger partial charge < -0.3 is 15.8 Å². The van der Waals surface area contributed by atoms with Gasteiger partial charge in [0.15, 0.2) is 0 Å². The number of alkyl carbamates (subject to hydrolysis) is 1. The van der Waals surface area contributed by atoms with Crippen molar-refractivity contribution in [3.8, 4) is 0 Å². The van der Waals surface area contributed by atoms with E-state index in [0.717, 1.165) is 12.8 Å². The fraction of sp³-hybridized carbons (Fsp3) is 0.900. The molecule has 4 nitrogen and oxygen atoms in total. The first-order chi connectivity index (χ1) is 6.18. The van der Waals surface area contributed by atoms with Gasteiger partial charge in [0.05, 0.1) is 0 Å². The third-order valence-electron chi connectivity index (χ3n) is 2.14. The molecule has 1 rings (SSSR count). The summed E-state index contributed by atoms with van der Waals surface area (Å²) in [5.41, 5.74) is 5.41. The minimum Gasteiger partial charge on any atom is -0.446 e. The van der Waals surface area contributed by atoms with Crippen LogP contribution < -0.4 is 11.1 Å². The summed E-state index contributed by atoms with van der Waals surface area (Å²) in [6.45, 7) is 7.72. The summed E-state index contributed by atoms with van der Waals surface area (Å²) < 4.78 is 5.17. The van der Waals surface area contributed by atoms with Crippen LogP contribution in [0.25, 0.3) is 0 Å². The molecule has 0 bridgehead atoms. The number of nitrogens with one attached hydrogen (secondary N) is 1. The molecular formula is C10H20N2O2. The van der Waals surface area contributed by atoms with E-state index in [1.807, 2.05) is 27.7 Å². The van der Waals surface area contributed by atoms with Crippen LogP contribution in [0.1, 0.15) is 40.5 Å². The Morgan fingerprint density at radius 1 is 1.50 bits per heavy atom. The van der Waals surface area contributed by atoms with Gasteiger partial charge in [0.25, 0.3) is 0 Å².